The molecular weight excluding hydrogens is 437 g/mol. The van der Waals surface area contributed by atoms with Crippen molar-refractivity contribution in [3.63, 3.8) is 0 Å². The van der Waals surface area contributed by atoms with Crippen molar-refractivity contribution < 1.29 is 27.4 Å². The van der Waals surface area contributed by atoms with Crippen LogP contribution in [0.2, 0.25) is 0 Å². The normalized spacial score (nSPS) is 28.2. The van der Waals surface area contributed by atoms with Crippen LogP contribution < -0.4 is 14.8 Å². The molecule has 0 spiro atoms. The van der Waals surface area contributed by atoms with E-state index in [4.69, 9.17) is 14.5 Å². The number of fused-ring (bicyclic) bond motifs is 5. The molecule has 3 atom stereocenters. The summed E-state index contributed by atoms with van der Waals surface area (Å²) < 4.78 is 50.9. The fourth-order valence-electron chi connectivity index (χ4n) is 5.89. The number of carbonyl (C=O) groups excluding carboxylic acids is 1. The molecule has 3 aliphatic heterocycles. The zero-order valence-electron chi connectivity index (χ0n) is 18.2. The van der Waals surface area contributed by atoms with Crippen LogP contribution in [0.1, 0.15) is 44.3 Å². The number of alkyl halides is 3. The molecule has 4 aliphatic rings. The second kappa shape index (κ2) is 7.51. The first-order valence-corrected chi connectivity index (χ1v) is 11.7. The Labute approximate surface area is 189 Å². The fourth-order valence-corrected chi connectivity index (χ4v) is 5.89. The summed E-state index contributed by atoms with van der Waals surface area (Å²) in [4.78, 5) is 22.7. The third-order valence-electron chi connectivity index (χ3n) is 7.67. The lowest BCUT2D eigenvalue weighted by molar-refractivity contribution is -0.170. The Kier molecular flexibility index (Phi) is 4.80. The number of aromatic amines is 1. The first-order chi connectivity index (χ1) is 15.8. The molecule has 3 fully saturated rings. The minimum atomic E-state index is -4.38. The predicted octanol–water partition coefficient (Wildman–Crippen LogP) is 3.33. The summed E-state index contributed by atoms with van der Waals surface area (Å²) in [5, 5.41) is 2.27. The lowest BCUT2D eigenvalue weighted by Crippen LogP contribution is -2.53. The maximum Gasteiger partial charge on any atom is 0.411 e. The smallest absolute Gasteiger partial charge is 0.411 e. The van der Waals surface area contributed by atoms with E-state index in [0.29, 0.717) is 24.9 Å². The Bertz CT molecular complexity index is 1070. The number of rotatable bonds is 5. The van der Waals surface area contributed by atoms with Gasteiger partial charge in [-0.25, -0.2) is 4.98 Å². The fraction of sp³-hybridized carbons (Fsp3) is 0.652. The van der Waals surface area contributed by atoms with Gasteiger partial charge in [-0.15, -0.1) is 0 Å². The number of H-pyrrole nitrogens is 1. The van der Waals surface area contributed by atoms with Crippen molar-refractivity contribution in [3.8, 4) is 11.5 Å². The van der Waals surface area contributed by atoms with Crippen LogP contribution in [-0.4, -0.2) is 64.3 Å². The van der Waals surface area contributed by atoms with Crippen LogP contribution in [0, 0.1) is 5.92 Å². The topological polar surface area (TPSA) is 79.5 Å². The number of halogens is 3. The third-order valence-corrected chi connectivity index (χ3v) is 7.67. The van der Waals surface area contributed by atoms with Crippen molar-refractivity contribution in [2.75, 3.05) is 19.8 Å². The standard InChI is InChI=1S/C23H27F3N4O3/c24-23(25,26)22(5-6-22)29-19(31)12-30-14-1-2-15(30)10-13(9-14)11-18-27-16-3-4-17-21(20(16)28-18)33-8-7-32-17/h3-4,13-15H,1-2,5-12H2,(H,27,28)(H,29,31)/t13?,14-,15+. The highest BCUT2D eigenvalue weighted by molar-refractivity contribution is 5.85. The molecule has 2 N–H and O–H groups in total. The van der Waals surface area contributed by atoms with Crippen molar-refractivity contribution in [1.29, 1.82) is 0 Å². The van der Waals surface area contributed by atoms with Gasteiger partial charge in [0.15, 0.2) is 11.5 Å². The van der Waals surface area contributed by atoms with Gasteiger partial charge in [0, 0.05) is 18.5 Å². The molecule has 1 aromatic heterocycles. The highest BCUT2D eigenvalue weighted by Crippen LogP contribution is 2.49. The maximum atomic E-state index is 13.2. The molecule has 6 rings (SSSR count). The molecule has 1 aliphatic carbocycles. The Morgan fingerprint density at radius 1 is 1.18 bits per heavy atom. The highest BCUT2D eigenvalue weighted by atomic mass is 19.4. The van der Waals surface area contributed by atoms with Crippen molar-refractivity contribution in [1.82, 2.24) is 20.2 Å². The van der Waals surface area contributed by atoms with Gasteiger partial charge in [0.2, 0.25) is 5.91 Å². The molecule has 1 aromatic carbocycles. The second-order valence-corrected chi connectivity index (χ2v) is 9.90. The summed E-state index contributed by atoms with van der Waals surface area (Å²) in [5.74, 6) is 2.22. The lowest BCUT2D eigenvalue weighted by atomic mass is 9.88. The number of hydrogen-bond donors (Lipinski definition) is 2. The summed E-state index contributed by atoms with van der Waals surface area (Å²) in [6.45, 7) is 1.09. The summed E-state index contributed by atoms with van der Waals surface area (Å²) in [7, 11) is 0. The van der Waals surface area contributed by atoms with E-state index in [1.165, 1.54) is 0 Å². The van der Waals surface area contributed by atoms with Crippen LogP contribution in [-0.2, 0) is 11.2 Å². The van der Waals surface area contributed by atoms with Gasteiger partial charge in [-0.1, -0.05) is 0 Å². The number of hydrogen-bond acceptors (Lipinski definition) is 5. The van der Waals surface area contributed by atoms with Gasteiger partial charge >= 0.3 is 6.18 Å². The van der Waals surface area contributed by atoms with Crippen molar-refractivity contribution >= 4 is 16.9 Å². The number of piperidine rings is 1. The van der Waals surface area contributed by atoms with E-state index in [1.54, 1.807) is 0 Å². The number of imidazole rings is 1. The van der Waals surface area contributed by atoms with Crippen molar-refractivity contribution in [3.05, 3.63) is 18.0 Å². The van der Waals surface area contributed by atoms with Crippen LogP contribution in [0.25, 0.3) is 11.0 Å². The average Bonchev–Trinajstić information content (AvgIpc) is 3.39. The molecule has 33 heavy (non-hydrogen) atoms. The molecule has 0 radical (unpaired) electrons. The van der Waals surface area contributed by atoms with Gasteiger partial charge in [0.25, 0.3) is 0 Å². The van der Waals surface area contributed by atoms with Gasteiger partial charge in [-0.05, 0) is 56.6 Å². The number of carbonyl (C=O) groups is 1. The molecule has 1 unspecified atom stereocenters. The maximum absolute atomic E-state index is 13.2. The number of benzene rings is 1. The monoisotopic (exact) mass is 464 g/mol. The SMILES string of the molecule is O=C(CN1[C@@H]2CC[C@H]1CC(Cc1nc3c4c(ccc3[nH]1)OCCO4)C2)NC1(C(F)(F)F)CC1. The average molecular weight is 464 g/mol. The van der Waals surface area contributed by atoms with Gasteiger partial charge in [-0.3, -0.25) is 9.69 Å². The molecule has 2 bridgehead atoms. The number of aromatic nitrogens is 2. The minimum absolute atomic E-state index is 0.0188. The summed E-state index contributed by atoms with van der Waals surface area (Å²) >= 11 is 0. The molecule has 178 valence electrons. The molecule has 1 amide bonds. The quantitative estimate of drug-likeness (QED) is 0.710. The molecular formula is C23H27F3N4O3. The van der Waals surface area contributed by atoms with Crippen LogP contribution in [0.15, 0.2) is 12.1 Å². The number of nitrogens with one attached hydrogen (secondary N) is 2. The number of amides is 1. The Morgan fingerprint density at radius 2 is 1.91 bits per heavy atom. The van der Waals surface area contributed by atoms with E-state index in [-0.39, 0.29) is 31.5 Å². The number of ether oxygens (including phenoxy) is 2. The van der Waals surface area contributed by atoms with E-state index in [2.05, 4.69) is 15.2 Å². The minimum Gasteiger partial charge on any atom is -0.486 e. The first kappa shape index (κ1) is 21.1. The Balaban J connectivity index is 1.10. The molecule has 7 nitrogen and oxygen atoms in total. The summed E-state index contributed by atoms with van der Waals surface area (Å²) in [5.41, 5.74) is -0.278. The summed E-state index contributed by atoms with van der Waals surface area (Å²) in [6.07, 6.45) is 0.192. The predicted molar refractivity (Wildman–Crippen MR) is 113 cm³/mol. The Morgan fingerprint density at radius 3 is 2.61 bits per heavy atom. The molecule has 10 heteroatoms. The van der Waals surface area contributed by atoms with Gasteiger partial charge in [0.05, 0.1) is 12.1 Å². The highest BCUT2D eigenvalue weighted by Gasteiger charge is 2.64. The summed E-state index contributed by atoms with van der Waals surface area (Å²) in [6, 6.07) is 4.31. The van der Waals surface area contributed by atoms with Crippen molar-refractivity contribution in [2.45, 2.75) is 68.7 Å². The van der Waals surface area contributed by atoms with E-state index in [9.17, 15) is 18.0 Å². The van der Waals surface area contributed by atoms with Gasteiger partial charge in [0.1, 0.15) is 30.1 Å². The van der Waals surface area contributed by atoms with Crippen LogP contribution in [0.4, 0.5) is 13.2 Å². The van der Waals surface area contributed by atoms with Crippen LogP contribution in [0.3, 0.4) is 0 Å². The van der Waals surface area contributed by atoms with E-state index in [0.717, 1.165) is 54.7 Å². The molecule has 4 heterocycles. The van der Waals surface area contributed by atoms with Crippen LogP contribution >= 0.6 is 0 Å². The lowest BCUT2D eigenvalue weighted by Gasteiger charge is -2.38. The Hall–Kier alpha value is -2.49. The van der Waals surface area contributed by atoms with Gasteiger partial charge in [-0.2, -0.15) is 13.2 Å². The molecule has 2 saturated heterocycles. The third kappa shape index (κ3) is 3.72. The second-order valence-electron chi connectivity index (χ2n) is 9.90. The van der Waals surface area contributed by atoms with E-state index in [1.807, 2.05) is 12.1 Å². The van der Waals surface area contributed by atoms with Crippen molar-refractivity contribution in [2.24, 2.45) is 5.92 Å². The first-order valence-electron chi connectivity index (χ1n) is 11.7. The van der Waals surface area contributed by atoms with E-state index >= 15 is 0 Å². The zero-order chi connectivity index (χ0) is 22.8. The van der Waals surface area contributed by atoms with Crippen LogP contribution in [0.5, 0.6) is 11.5 Å². The number of nitrogens with zero attached hydrogens (tertiary/aromatic N) is 2. The van der Waals surface area contributed by atoms with Gasteiger partial charge < -0.3 is 19.8 Å². The van der Waals surface area contributed by atoms with E-state index < -0.39 is 17.6 Å². The largest absolute Gasteiger partial charge is 0.486 e. The molecule has 2 aromatic rings. The molecule has 1 saturated carbocycles. The zero-order valence-corrected chi connectivity index (χ0v) is 18.2.